The molecule has 2 aliphatic heterocycles. The van der Waals surface area contributed by atoms with Crippen molar-refractivity contribution in [1.29, 1.82) is 0 Å². The molecule has 0 aliphatic carbocycles. The van der Waals surface area contributed by atoms with E-state index in [1.54, 1.807) is 0 Å². The molecule has 1 unspecified atom stereocenters. The number of benzene rings is 1. The van der Waals surface area contributed by atoms with Gasteiger partial charge in [-0.15, -0.1) is 0 Å². The van der Waals surface area contributed by atoms with Crippen LogP contribution in [0.4, 0.5) is 5.69 Å². The number of hydrogen-bond donors (Lipinski definition) is 1. The second-order valence-corrected chi connectivity index (χ2v) is 8.14. The molecule has 0 aromatic heterocycles. The zero-order chi connectivity index (χ0) is 17.5. The second-order valence-electron chi connectivity index (χ2n) is 6.20. The lowest BCUT2D eigenvalue weighted by atomic mass is 10.1. The van der Waals surface area contributed by atoms with Crippen LogP contribution in [0.25, 0.3) is 0 Å². The summed E-state index contributed by atoms with van der Waals surface area (Å²) in [6, 6.07) is 3.53. The predicted octanol–water partition coefficient (Wildman–Crippen LogP) is 1.22. The van der Waals surface area contributed by atoms with E-state index in [0.717, 1.165) is 19.3 Å². The molecule has 7 nitrogen and oxygen atoms in total. The summed E-state index contributed by atoms with van der Waals surface area (Å²) >= 11 is 0. The minimum Gasteiger partial charge on any atom is -0.480 e. The molecule has 1 saturated heterocycles. The number of aliphatic carboxylic acids is 1. The highest BCUT2D eigenvalue weighted by Crippen LogP contribution is 2.35. The van der Waals surface area contributed by atoms with Gasteiger partial charge in [0.15, 0.2) is 0 Å². The smallest absolute Gasteiger partial charge is 0.327 e. The first-order chi connectivity index (χ1) is 11.3. The maximum atomic E-state index is 12.7. The van der Waals surface area contributed by atoms with Gasteiger partial charge < -0.3 is 5.11 Å². The fraction of sp³-hybridized carbons (Fsp3) is 0.500. The lowest BCUT2D eigenvalue weighted by molar-refractivity contribution is -0.139. The highest BCUT2D eigenvalue weighted by Gasteiger charge is 2.38. The van der Waals surface area contributed by atoms with Crippen LogP contribution < -0.4 is 4.90 Å². The van der Waals surface area contributed by atoms with Gasteiger partial charge in [0.1, 0.15) is 6.04 Å². The number of sulfonamides is 1. The third-order valence-electron chi connectivity index (χ3n) is 4.61. The van der Waals surface area contributed by atoms with Crippen molar-refractivity contribution in [2.24, 2.45) is 0 Å². The first kappa shape index (κ1) is 16.9. The molecule has 0 bridgehead atoms. The van der Waals surface area contributed by atoms with Crippen molar-refractivity contribution in [3.8, 4) is 0 Å². The standard InChI is InChI=1S/C16H20N2O5S/c1-11(19)18-14-6-5-13(9-12(14)10-15(18)16(20)21)24(22,23)17-7-3-2-4-8-17/h5-6,9,15H,2-4,7-8,10H2,1H3,(H,20,21). The molecule has 1 fully saturated rings. The molecule has 0 saturated carbocycles. The van der Waals surface area contributed by atoms with Crippen LogP contribution in [0.1, 0.15) is 31.7 Å². The van der Waals surface area contributed by atoms with Crippen molar-refractivity contribution in [1.82, 2.24) is 4.31 Å². The molecule has 2 aliphatic rings. The highest BCUT2D eigenvalue weighted by molar-refractivity contribution is 7.89. The number of carboxylic acids is 1. The SMILES string of the molecule is CC(=O)N1c2ccc(S(=O)(=O)N3CCCCC3)cc2CC1C(=O)O. The fourth-order valence-corrected chi connectivity index (χ4v) is 5.00. The van der Waals surface area contributed by atoms with E-state index in [0.29, 0.717) is 24.3 Å². The number of fused-ring (bicyclic) bond motifs is 1. The van der Waals surface area contributed by atoms with Crippen molar-refractivity contribution in [3.63, 3.8) is 0 Å². The molecule has 24 heavy (non-hydrogen) atoms. The summed E-state index contributed by atoms with van der Waals surface area (Å²) in [6.45, 7) is 2.33. The Hall–Kier alpha value is -1.93. The summed E-state index contributed by atoms with van der Waals surface area (Å²) in [5.74, 6) is -1.46. The number of amides is 1. The van der Waals surface area contributed by atoms with Crippen LogP contribution >= 0.6 is 0 Å². The van der Waals surface area contributed by atoms with Crippen molar-refractivity contribution >= 4 is 27.6 Å². The van der Waals surface area contributed by atoms with Crippen LogP contribution in [0.5, 0.6) is 0 Å². The number of carboxylic acid groups (broad SMARTS) is 1. The summed E-state index contributed by atoms with van der Waals surface area (Å²) < 4.78 is 27.0. The van der Waals surface area contributed by atoms with Crippen molar-refractivity contribution in [2.75, 3.05) is 18.0 Å². The average Bonchev–Trinajstić information content (AvgIpc) is 2.94. The Morgan fingerprint density at radius 3 is 2.42 bits per heavy atom. The van der Waals surface area contributed by atoms with Gasteiger partial charge in [0.2, 0.25) is 15.9 Å². The molecule has 1 atom stereocenters. The maximum Gasteiger partial charge on any atom is 0.327 e. The van der Waals surface area contributed by atoms with Gasteiger partial charge in [-0.25, -0.2) is 13.2 Å². The molecule has 1 N–H and O–H groups in total. The third kappa shape index (κ3) is 2.80. The number of hydrogen-bond acceptors (Lipinski definition) is 4. The number of carbonyl (C=O) groups is 2. The molecule has 0 radical (unpaired) electrons. The summed E-state index contributed by atoms with van der Waals surface area (Å²) in [6.07, 6.45) is 2.85. The monoisotopic (exact) mass is 352 g/mol. The van der Waals surface area contributed by atoms with Crippen LogP contribution in [0.2, 0.25) is 0 Å². The minimum absolute atomic E-state index is 0.119. The Morgan fingerprint density at radius 2 is 1.83 bits per heavy atom. The van der Waals surface area contributed by atoms with Gasteiger partial charge in [0.25, 0.3) is 0 Å². The second kappa shape index (κ2) is 6.18. The minimum atomic E-state index is -3.58. The number of rotatable bonds is 3. The highest BCUT2D eigenvalue weighted by atomic mass is 32.2. The number of anilines is 1. The Morgan fingerprint density at radius 1 is 1.17 bits per heavy atom. The van der Waals surface area contributed by atoms with Crippen LogP contribution in [0.15, 0.2) is 23.1 Å². The van der Waals surface area contributed by atoms with Crippen molar-refractivity contribution in [2.45, 2.75) is 43.5 Å². The van der Waals surface area contributed by atoms with Crippen molar-refractivity contribution < 1.29 is 23.1 Å². The van der Waals surface area contributed by atoms with E-state index in [1.165, 1.54) is 34.3 Å². The van der Waals surface area contributed by atoms with E-state index in [9.17, 15) is 23.1 Å². The van der Waals surface area contributed by atoms with Gasteiger partial charge in [0, 0.05) is 32.1 Å². The lowest BCUT2D eigenvalue weighted by Gasteiger charge is -2.26. The Balaban J connectivity index is 1.97. The zero-order valence-electron chi connectivity index (χ0n) is 13.4. The first-order valence-electron chi connectivity index (χ1n) is 7.98. The molecule has 1 aromatic rings. The van der Waals surface area contributed by atoms with Crippen LogP contribution in [0, 0.1) is 0 Å². The molecule has 2 heterocycles. The molecular weight excluding hydrogens is 332 g/mol. The summed E-state index contributed by atoms with van der Waals surface area (Å²) in [4.78, 5) is 24.6. The van der Waals surface area contributed by atoms with E-state index in [-0.39, 0.29) is 17.2 Å². The predicted molar refractivity (Wildman–Crippen MR) is 87.3 cm³/mol. The topological polar surface area (TPSA) is 95.0 Å². The molecule has 1 aromatic carbocycles. The zero-order valence-corrected chi connectivity index (χ0v) is 14.3. The van der Waals surface area contributed by atoms with Gasteiger partial charge >= 0.3 is 5.97 Å². The van der Waals surface area contributed by atoms with Crippen LogP contribution in [-0.2, 0) is 26.0 Å². The third-order valence-corrected chi connectivity index (χ3v) is 6.51. The quantitative estimate of drug-likeness (QED) is 0.883. The number of piperidine rings is 1. The maximum absolute atomic E-state index is 12.7. The summed E-state index contributed by atoms with van der Waals surface area (Å²) in [7, 11) is -3.58. The van der Waals surface area contributed by atoms with Gasteiger partial charge in [0.05, 0.1) is 4.90 Å². The summed E-state index contributed by atoms with van der Waals surface area (Å²) in [5, 5.41) is 9.32. The molecule has 1 amide bonds. The first-order valence-corrected chi connectivity index (χ1v) is 9.42. The molecular formula is C16H20N2O5S. The Kier molecular flexibility index (Phi) is 4.35. The molecule has 8 heteroatoms. The summed E-state index contributed by atoms with van der Waals surface area (Å²) in [5.41, 5.74) is 1.06. The van der Waals surface area contributed by atoms with E-state index in [4.69, 9.17) is 0 Å². The lowest BCUT2D eigenvalue weighted by Crippen LogP contribution is -2.41. The van der Waals surface area contributed by atoms with E-state index >= 15 is 0 Å². The van der Waals surface area contributed by atoms with Gasteiger partial charge in [-0.3, -0.25) is 9.69 Å². The molecule has 130 valence electrons. The fourth-order valence-electron chi connectivity index (χ4n) is 3.43. The van der Waals surface area contributed by atoms with Gasteiger partial charge in [-0.05, 0) is 36.6 Å². The van der Waals surface area contributed by atoms with Crippen LogP contribution in [-0.4, -0.2) is 48.8 Å². The van der Waals surface area contributed by atoms with E-state index in [2.05, 4.69) is 0 Å². The number of nitrogens with zero attached hydrogens (tertiary/aromatic N) is 2. The van der Waals surface area contributed by atoms with Crippen LogP contribution in [0.3, 0.4) is 0 Å². The Bertz CT molecular complexity index is 784. The molecule has 0 spiro atoms. The largest absolute Gasteiger partial charge is 0.480 e. The normalized spacial score (nSPS) is 21.5. The van der Waals surface area contributed by atoms with Gasteiger partial charge in [-0.2, -0.15) is 4.31 Å². The van der Waals surface area contributed by atoms with E-state index < -0.39 is 22.0 Å². The number of carbonyl (C=O) groups excluding carboxylic acids is 1. The van der Waals surface area contributed by atoms with E-state index in [1.807, 2.05) is 0 Å². The van der Waals surface area contributed by atoms with Gasteiger partial charge in [-0.1, -0.05) is 6.42 Å². The van der Waals surface area contributed by atoms with Crippen molar-refractivity contribution in [3.05, 3.63) is 23.8 Å². The Labute approximate surface area is 140 Å². The average molecular weight is 352 g/mol. The molecule has 3 rings (SSSR count).